The van der Waals surface area contributed by atoms with Gasteiger partial charge in [0.25, 0.3) is 0 Å². The number of rotatable bonds is 5. The number of carbonyl (C=O) groups excluding carboxylic acids is 1. The lowest BCUT2D eigenvalue weighted by molar-refractivity contribution is 0.150. The van der Waals surface area contributed by atoms with Crippen molar-refractivity contribution in [3.05, 3.63) is 35.4 Å². The summed E-state index contributed by atoms with van der Waals surface area (Å²) in [7, 11) is 0. The van der Waals surface area contributed by atoms with E-state index in [1.165, 1.54) is 0 Å². The van der Waals surface area contributed by atoms with Crippen molar-refractivity contribution in [3.63, 3.8) is 0 Å². The fourth-order valence-electron chi connectivity index (χ4n) is 3.84. The van der Waals surface area contributed by atoms with Crippen molar-refractivity contribution in [2.24, 2.45) is 0 Å². The number of aromatic hydroxyl groups is 1. The highest BCUT2D eigenvalue weighted by Gasteiger charge is 2.28. The molecule has 148 valence electrons. The number of phenolic OH excluding ortho intramolecular Hbond substituents is 1. The van der Waals surface area contributed by atoms with Crippen molar-refractivity contribution in [2.75, 3.05) is 25.0 Å². The van der Waals surface area contributed by atoms with Crippen molar-refractivity contribution in [1.29, 1.82) is 0 Å². The third-order valence-corrected chi connectivity index (χ3v) is 5.19. The Bertz CT molecular complexity index is 878. The molecule has 0 bridgehead atoms. The quantitative estimate of drug-likeness (QED) is 0.728. The van der Waals surface area contributed by atoms with Gasteiger partial charge in [-0.1, -0.05) is 13.0 Å². The molecule has 3 N–H and O–H groups in total. The van der Waals surface area contributed by atoms with E-state index in [-0.39, 0.29) is 12.4 Å². The average molecular weight is 383 g/mol. The van der Waals surface area contributed by atoms with E-state index < -0.39 is 6.09 Å². The van der Waals surface area contributed by atoms with Crippen molar-refractivity contribution < 1.29 is 19.4 Å². The van der Waals surface area contributed by atoms with Crippen LogP contribution in [0.3, 0.4) is 0 Å². The number of hydrogen-bond acceptors (Lipinski definition) is 6. The molecule has 0 saturated carbocycles. The van der Waals surface area contributed by atoms with Crippen LogP contribution in [-0.4, -0.2) is 35.9 Å². The molecule has 0 aliphatic carbocycles. The number of carbonyl (C=O) groups is 1. The Balaban J connectivity index is 1.84. The third kappa shape index (κ3) is 3.62. The molecule has 2 aliphatic rings. The Kier molecular flexibility index (Phi) is 5.34. The fourth-order valence-corrected chi connectivity index (χ4v) is 3.84. The predicted octanol–water partition coefficient (Wildman–Crippen LogP) is 3.77. The molecule has 7 nitrogen and oxygen atoms in total. The van der Waals surface area contributed by atoms with Gasteiger partial charge in [-0.2, -0.15) is 0 Å². The Morgan fingerprint density at radius 2 is 2.29 bits per heavy atom. The van der Waals surface area contributed by atoms with Crippen LogP contribution in [0.4, 0.5) is 10.6 Å². The first-order valence-electron chi connectivity index (χ1n) is 9.80. The highest BCUT2D eigenvalue weighted by atomic mass is 16.5. The minimum Gasteiger partial charge on any atom is -0.507 e. The number of anilines is 1. The van der Waals surface area contributed by atoms with Crippen LogP contribution in [0.25, 0.3) is 11.3 Å². The van der Waals surface area contributed by atoms with Gasteiger partial charge >= 0.3 is 6.09 Å². The standard InChI is InChI=1S/C21H25N3O4/c1-2-9-27-18-7-3-6-17(25)19(18)16-10-14(13-5-4-8-22-11-13)15-12-28-21(26)24-20(15)23-16/h3,6-7,10,13,22,25H,2,4-5,8-9,11-12H2,1H3,(H,23,24,26). The van der Waals surface area contributed by atoms with Crippen molar-refractivity contribution in [2.45, 2.75) is 38.7 Å². The first-order valence-corrected chi connectivity index (χ1v) is 9.80. The van der Waals surface area contributed by atoms with Crippen LogP contribution in [0.15, 0.2) is 24.3 Å². The SMILES string of the molecule is CCCOc1cccc(O)c1-c1cc(C2CCCNC2)c2c(n1)NC(=O)OC2. The zero-order valence-electron chi connectivity index (χ0n) is 16.0. The maximum atomic E-state index is 11.8. The topological polar surface area (TPSA) is 92.7 Å². The Morgan fingerprint density at radius 3 is 3.07 bits per heavy atom. The Hall–Kier alpha value is -2.80. The van der Waals surface area contributed by atoms with Gasteiger partial charge < -0.3 is 19.9 Å². The van der Waals surface area contributed by atoms with Crippen molar-refractivity contribution in [1.82, 2.24) is 10.3 Å². The lowest BCUT2D eigenvalue weighted by atomic mass is 9.87. The summed E-state index contributed by atoms with van der Waals surface area (Å²) in [5.41, 5.74) is 3.13. The van der Waals surface area contributed by atoms with E-state index in [1.54, 1.807) is 12.1 Å². The first kappa shape index (κ1) is 18.6. The Morgan fingerprint density at radius 1 is 1.39 bits per heavy atom. The number of ether oxygens (including phenoxy) is 2. The number of fused-ring (bicyclic) bond motifs is 1. The number of nitrogens with zero attached hydrogens (tertiary/aromatic N) is 1. The summed E-state index contributed by atoms with van der Waals surface area (Å²) >= 11 is 0. The minimum absolute atomic E-state index is 0.104. The first-order chi connectivity index (χ1) is 13.7. The van der Waals surface area contributed by atoms with Crippen LogP contribution in [0.5, 0.6) is 11.5 Å². The van der Waals surface area contributed by atoms with E-state index in [0.29, 0.717) is 35.3 Å². The number of benzene rings is 1. The van der Waals surface area contributed by atoms with Crippen LogP contribution in [0.2, 0.25) is 0 Å². The molecule has 0 radical (unpaired) electrons. The van der Waals surface area contributed by atoms with E-state index in [1.807, 2.05) is 19.1 Å². The lowest BCUT2D eigenvalue weighted by Gasteiger charge is -2.28. The largest absolute Gasteiger partial charge is 0.507 e. The van der Waals surface area contributed by atoms with Gasteiger partial charge in [-0.25, -0.2) is 9.78 Å². The van der Waals surface area contributed by atoms with Crippen LogP contribution in [-0.2, 0) is 11.3 Å². The second kappa shape index (κ2) is 8.06. The summed E-state index contributed by atoms with van der Waals surface area (Å²) in [6.07, 6.45) is 2.49. The smallest absolute Gasteiger partial charge is 0.413 e. The summed E-state index contributed by atoms with van der Waals surface area (Å²) in [6.45, 7) is 4.66. The minimum atomic E-state index is -0.510. The predicted molar refractivity (Wildman–Crippen MR) is 106 cm³/mol. The molecule has 1 aromatic heterocycles. The second-order valence-corrected chi connectivity index (χ2v) is 7.17. The molecule has 1 unspecified atom stereocenters. The third-order valence-electron chi connectivity index (χ3n) is 5.19. The van der Waals surface area contributed by atoms with E-state index in [0.717, 1.165) is 43.5 Å². The van der Waals surface area contributed by atoms with Crippen LogP contribution in [0, 0.1) is 0 Å². The van der Waals surface area contributed by atoms with Crippen molar-refractivity contribution >= 4 is 11.9 Å². The zero-order chi connectivity index (χ0) is 19.5. The van der Waals surface area contributed by atoms with E-state index in [9.17, 15) is 9.90 Å². The summed E-state index contributed by atoms with van der Waals surface area (Å²) in [5, 5.41) is 16.7. The second-order valence-electron chi connectivity index (χ2n) is 7.17. The molecule has 2 aliphatic heterocycles. The molecule has 4 rings (SSSR count). The van der Waals surface area contributed by atoms with Gasteiger partial charge in [-0.15, -0.1) is 0 Å². The number of nitrogens with one attached hydrogen (secondary N) is 2. The highest BCUT2D eigenvalue weighted by molar-refractivity contribution is 5.88. The van der Waals surface area contributed by atoms with Gasteiger partial charge in [0.15, 0.2) is 0 Å². The van der Waals surface area contributed by atoms with Crippen LogP contribution < -0.4 is 15.4 Å². The maximum absolute atomic E-state index is 11.8. The number of phenols is 1. The monoisotopic (exact) mass is 383 g/mol. The van der Waals surface area contributed by atoms with Gasteiger partial charge in [0, 0.05) is 12.1 Å². The molecule has 2 aromatic rings. The number of aromatic nitrogens is 1. The molecule has 1 atom stereocenters. The summed E-state index contributed by atoms with van der Waals surface area (Å²) in [6, 6.07) is 7.21. The van der Waals surface area contributed by atoms with E-state index in [2.05, 4.69) is 15.6 Å². The number of piperidine rings is 1. The summed E-state index contributed by atoms with van der Waals surface area (Å²) < 4.78 is 11.0. The average Bonchev–Trinajstić information content (AvgIpc) is 2.72. The lowest BCUT2D eigenvalue weighted by Crippen LogP contribution is -2.30. The summed E-state index contributed by atoms with van der Waals surface area (Å²) in [5.74, 6) is 1.49. The van der Waals surface area contributed by atoms with Gasteiger partial charge in [0.1, 0.15) is 23.9 Å². The zero-order valence-corrected chi connectivity index (χ0v) is 16.0. The van der Waals surface area contributed by atoms with Gasteiger partial charge in [0.2, 0.25) is 0 Å². The molecule has 1 amide bonds. The fraction of sp³-hybridized carbons (Fsp3) is 0.429. The molecular formula is C21H25N3O4. The molecule has 1 fully saturated rings. The summed E-state index contributed by atoms with van der Waals surface area (Å²) in [4.78, 5) is 16.4. The number of hydrogen-bond donors (Lipinski definition) is 3. The molecular weight excluding hydrogens is 358 g/mol. The number of amides is 1. The highest BCUT2D eigenvalue weighted by Crippen LogP contribution is 2.41. The van der Waals surface area contributed by atoms with Gasteiger partial charge in [-0.05, 0) is 55.5 Å². The molecule has 7 heteroatoms. The van der Waals surface area contributed by atoms with Crippen LogP contribution >= 0.6 is 0 Å². The Labute approximate surface area is 164 Å². The van der Waals surface area contributed by atoms with Crippen LogP contribution in [0.1, 0.15) is 43.2 Å². The number of pyridine rings is 1. The molecule has 1 saturated heterocycles. The van der Waals surface area contributed by atoms with Gasteiger partial charge in [-0.3, -0.25) is 5.32 Å². The maximum Gasteiger partial charge on any atom is 0.413 e. The van der Waals surface area contributed by atoms with E-state index >= 15 is 0 Å². The molecule has 28 heavy (non-hydrogen) atoms. The van der Waals surface area contributed by atoms with E-state index in [4.69, 9.17) is 9.47 Å². The molecule has 0 spiro atoms. The van der Waals surface area contributed by atoms with Crippen molar-refractivity contribution in [3.8, 4) is 22.8 Å². The molecule has 3 heterocycles. The van der Waals surface area contributed by atoms with Gasteiger partial charge in [0.05, 0.1) is 17.9 Å². The normalized spacial score (nSPS) is 18.8. The molecule has 1 aromatic carbocycles. The number of cyclic esters (lactones) is 1.